The average molecular weight is 211 g/mol. The van der Waals surface area contributed by atoms with E-state index in [0.717, 1.165) is 0 Å². The van der Waals surface area contributed by atoms with Crippen LogP contribution in [-0.2, 0) is 0 Å². The van der Waals surface area contributed by atoms with Crippen LogP contribution in [0.25, 0.3) is 0 Å². The Hall–Kier alpha value is -0.300. The molecule has 0 aromatic rings. The van der Waals surface area contributed by atoms with Crippen LogP contribution >= 0.6 is 0 Å². The summed E-state index contributed by atoms with van der Waals surface area (Å²) in [5, 5.41) is 27.7. The summed E-state index contributed by atoms with van der Waals surface area (Å²) in [7, 11) is 0. The molecule has 0 saturated carbocycles. The van der Waals surface area contributed by atoms with E-state index < -0.39 is 30.8 Å². The van der Waals surface area contributed by atoms with Crippen molar-refractivity contribution in [3.63, 3.8) is 0 Å². The van der Waals surface area contributed by atoms with Crippen LogP contribution in [0.4, 0.5) is 8.78 Å². The molecule has 1 aliphatic heterocycles. The summed E-state index contributed by atoms with van der Waals surface area (Å²) >= 11 is 0. The Balaban J connectivity index is 2.66. The first kappa shape index (κ1) is 11.8. The second-order valence-corrected chi connectivity index (χ2v) is 3.64. The van der Waals surface area contributed by atoms with Crippen molar-refractivity contribution in [1.29, 1.82) is 0 Å². The second kappa shape index (κ2) is 4.48. The summed E-state index contributed by atoms with van der Waals surface area (Å²) in [6, 6.07) is 0. The van der Waals surface area contributed by atoms with Crippen LogP contribution in [0.1, 0.15) is 6.92 Å². The molecule has 0 radical (unpaired) electrons. The molecule has 0 aromatic carbocycles. The first-order valence-electron chi connectivity index (χ1n) is 4.50. The average Bonchev–Trinajstić information content (AvgIpc) is 2.08. The third-order valence-electron chi connectivity index (χ3n) is 2.55. The molecule has 0 aliphatic carbocycles. The van der Waals surface area contributed by atoms with Crippen molar-refractivity contribution in [2.75, 3.05) is 13.1 Å². The highest BCUT2D eigenvalue weighted by Crippen LogP contribution is 2.24. The molecule has 6 heteroatoms. The first-order chi connectivity index (χ1) is 6.43. The van der Waals surface area contributed by atoms with E-state index >= 15 is 0 Å². The highest BCUT2D eigenvalue weighted by Gasteiger charge is 2.40. The van der Waals surface area contributed by atoms with E-state index in [-0.39, 0.29) is 13.1 Å². The fourth-order valence-corrected chi connectivity index (χ4v) is 1.62. The molecule has 0 spiro atoms. The Bertz CT molecular complexity index is 191. The molecular weight excluding hydrogens is 196 g/mol. The number of aliphatic hydroxyl groups excluding tert-OH is 3. The smallest absolute Gasteiger partial charge is 0.245 e. The molecule has 1 aliphatic rings. The van der Waals surface area contributed by atoms with Gasteiger partial charge in [-0.3, -0.25) is 4.90 Å². The van der Waals surface area contributed by atoms with Gasteiger partial charge in [-0.05, 0) is 6.92 Å². The zero-order valence-corrected chi connectivity index (χ0v) is 7.85. The minimum atomic E-state index is -2.69. The molecule has 1 unspecified atom stereocenters. The third kappa shape index (κ3) is 2.38. The van der Waals surface area contributed by atoms with Crippen molar-refractivity contribution >= 4 is 0 Å². The molecule has 1 rings (SSSR count). The van der Waals surface area contributed by atoms with Gasteiger partial charge in [0, 0.05) is 13.1 Å². The predicted molar refractivity (Wildman–Crippen MR) is 44.8 cm³/mol. The number of halogens is 2. The fourth-order valence-electron chi connectivity index (χ4n) is 1.62. The Morgan fingerprint density at radius 2 is 1.86 bits per heavy atom. The van der Waals surface area contributed by atoms with Crippen molar-refractivity contribution in [2.24, 2.45) is 5.92 Å². The normalized spacial score (nSPS) is 37.5. The molecule has 1 saturated heterocycles. The highest BCUT2D eigenvalue weighted by molar-refractivity contribution is 4.87. The van der Waals surface area contributed by atoms with Gasteiger partial charge in [-0.15, -0.1) is 0 Å². The van der Waals surface area contributed by atoms with E-state index in [4.69, 9.17) is 5.11 Å². The number of hydrogen-bond donors (Lipinski definition) is 3. The van der Waals surface area contributed by atoms with Gasteiger partial charge < -0.3 is 15.3 Å². The number of hydrogen-bond acceptors (Lipinski definition) is 4. The number of alkyl halides is 2. The van der Waals surface area contributed by atoms with Gasteiger partial charge in [0.25, 0.3) is 0 Å². The molecular formula is C8H15F2NO3. The Labute approximate surface area is 80.8 Å². The van der Waals surface area contributed by atoms with Gasteiger partial charge in [0.05, 0.1) is 18.1 Å². The van der Waals surface area contributed by atoms with E-state index in [0.29, 0.717) is 0 Å². The molecule has 1 heterocycles. The molecule has 84 valence electrons. The Morgan fingerprint density at radius 1 is 1.29 bits per heavy atom. The molecule has 3 N–H and O–H groups in total. The van der Waals surface area contributed by atoms with E-state index in [9.17, 15) is 19.0 Å². The standard InChI is InChI=1S/C8H15F2NO3/c1-4(12)11-2-5(8(9)10)7(14)6(13)3-11/h4-8,12-14H,2-3H2,1H3/t4?,5-,6+,7+/m0/s1. The van der Waals surface area contributed by atoms with Crippen molar-refractivity contribution in [1.82, 2.24) is 4.90 Å². The van der Waals surface area contributed by atoms with Crippen LogP contribution in [0.3, 0.4) is 0 Å². The lowest BCUT2D eigenvalue weighted by molar-refractivity contribution is -0.144. The molecule has 0 aromatic heterocycles. The topological polar surface area (TPSA) is 63.9 Å². The van der Waals surface area contributed by atoms with Crippen molar-refractivity contribution < 1.29 is 24.1 Å². The summed E-state index contributed by atoms with van der Waals surface area (Å²) in [6.45, 7) is 1.35. The molecule has 4 nitrogen and oxygen atoms in total. The minimum Gasteiger partial charge on any atom is -0.390 e. The number of rotatable bonds is 2. The van der Waals surface area contributed by atoms with E-state index in [1.54, 1.807) is 0 Å². The predicted octanol–water partition coefficient (Wildman–Crippen LogP) is -0.757. The van der Waals surface area contributed by atoms with E-state index in [1.807, 2.05) is 0 Å². The molecule has 0 amide bonds. The van der Waals surface area contributed by atoms with Crippen LogP contribution in [0.5, 0.6) is 0 Å². The van der Waals surface area contributed by atoms with Gasteiger partial charge in [0.2, 0.25) is 6.43 Å². The largest absolute Gasteiger partial charge is 0.390 e. The van der Waals surface area contributed by atoms with Gasteiger partial charge in [0.15, 0.2) is 0 Å². The van der Waals surface area contributed by atoms with Gasteiger partial charge in [-0.1, -0.05) is 0 Å². The maximum Gasteiger partial charge on any atom is 0.245 e. The monoisotopic (exact) mass is 211 g/mol. The third-order valence-corrected chi connectivity index (χ3v) is 2.55. The van der Waals surface area contributed by atoms with Gasteiger partial charge >= 0.3 is 0 Å². The number of piperidine rings is 1. The fraction of sp³-hybridized carbons (Fsp3) is 1.00. The van der Waals surface area contributed by atoms with Crippen molar-refractivity contribution in [2.45, 2.75) is 31.8 Å². The molecule has 1 fully saturated rings. The Morgan fingerprint density at radius 3 is 2.29 bits per heavy atom. The number of aliphatic hydroxyl groups is 3. The van der Waals surface area contributed by atoms with Gasteiger partial charge in [-0.2, -0.15) is 0 Å². The first-order valence-corrected chi connectivity index (χ1v) is 4.50. The van der Waals surface area contributed by atoms with E-state index in [1.165, 1.54) is 11.8 Å². The van der Waals surface area contributed by atoms with Gasteiger partial charge in [-0.25, -0.2) is 8.78 Å². The summed E-state index contributed by atoms with van der Waals surface area (Å²) < 4.78 is 24.8. The maximum absolute atomic E-state index is 12.4. The SMILES string of the molecule is CC(O)N1C[C@@H](O)[C@H](O)[C@@H](C(F)F)C1. The number of nitrogens with zero attached hydrogens (tertiary/aromatic N) is 1. The van der Waals surface area contributed by atoms with Gasteiger partial charge in [0.1, 0.15) is 6.23 Å². The summed E-state index contributed by atoms with van der Waals surface area (Å²) in [5.74, 6) is -1.30. The zero-order chi connectivity index (χ0) is 10.9. The van der Waals surface area contributed by atoms with Crippen LogP contribution < -0.4 is 0 Å². The lowest BCUT2D eigenvalue weighted by Gasteiger charge is -2.40. The molecule has 0 bridgehead atoms. The quantitative estimate of drug-likeness (QED) is 0.562. The Kier molecular flexibility index (Phi) is 3.77. The summed E-state index contributed by atoms with van der Waals surface area (Å²) in [5.41, 5.74) is 0. The van der Waals surface area contributed by atoms with E-state index in [2.05, 4.69) is 0 Å². The number of likely N-dealkylation sites (tertiary alicyclic amines) is 1. The molecule has 14 heavy (non-hydrogen) atoms. The van der Waals surface area contributed by atoms with Crippen LogP contribution in [0.15, 0.2) is 0 Å². The van der Waals surface area contributed by atoms with Crippen LogP contribution in [0, 0.1) is 5.92 Å². The second-order valence-electron chi connectivity index (χ2n) is 3.64. The van der Waals surface area contributed by atoms with Crippen LogP contribution in [0.2, 0.25) is 0 Å². The zero-order valence-electron chi connectivity index (χ0n) is 7.85. The van der Waals surface area contributed by atoms with Crippen LogP contribution in [-0.4, -0.2) is 58.2 Å². The van der Waals surface area contributed by atoms with Crippen molar-refractivity contribution in [3.8, 4) is 0 Å². The molecule has 4 atom stereocenters. The summed E-state index contributed by atoms with van der Waals surface area (Å²) in [4.78, 5) is 1.31. The maximum atomic E-state index is 12.4. The lowest BCUT2D eigenvalue weighted by Crippen LogP contribution is -2.56. The number of β-amino-alcohol motifs (C(OH)–C–C–N with tert-alkyl or cyclic N) is 1. The lowest BCUT2D eigenvalue weighted by atomic mass is 9.93. The highest BCUT2D eigenvalue weighted by atomic mass is 19.3. The van der Waals surface area contributed by atoms with Crippen molar-refractivity contribution in [3.05, 3.63) is 0 Å². The minimum absolute atomic E-state index is 0.0159. The summed E-state index contributed by atoms with van der Waals surface area (Å²) in [6.07, 6.45) is -6.22.